The van der Waals surface area contributed by atoms with Crippen LogP contribution in [0.4, 0.5) is 13.2 Å². The van der Waals surface area contributed by atoms with Crippen LogP contribution in [-0.4, -0.2) is 11.1 Å². The van der Waals surface area contributed by atoms with Gasteiger partial charge < -0.3 is 5.11 Å². The van der Waals surface area contributed by atoms with Crippen LogP contribution >= 0.6 is 0 Å². The lowest BCUT2D eigenvalue weighted by atomic mass is 9.97. The summed E-state index contributed by atoms with van der Waals surface area (Å²) in [5.74, 6) is -1.39. The van der Waals surface area contributed by atoms with Crippen molar-refractivity contribution < 1.29 is 23.1 Å². The number of benzene rings is 3. The van der Waals surface area contributed by atoms with Gasteiger partial charge >= 0.3 is 12.1 Å². The number of rotatable bonds is 2. The zero-order valence-corrected chi connectivity index (χ0v) is 11.8. The molecular formula is C18H11F3O2. The van der Waals surface area contributed by atoms with Gasteiger partial charge in [-0.3, -0.25) is 0 Å². The van der Waals surface area contributed by atoms with Gasteiger partial charge in [0.15, 0.2) is 0 Å². The smallest absolute Gasteiger partial charge is 0.416 e. The Kier molecular flexibility index (Phi) is 3.56. The minimum Gasteiger partial charge on any atom is -0.478 e. The highest BCUT2D eigenvalue weighted by Gasteiger charge is 2.31. The van der Waals surface area contributed by atoms with Crippen molar-refractivity contribution in [3.8, 4) is 11.1 Å². The van der Waals surface area contributed by atoms with Crippen LogP contribution in [0, 0.1) is 0 Å². The summed E-state index contributed by atoms with van der Waals surface area (Å²) in [5.41, 5.74) is -0.594. The van der Waals surface area contributed by atoms with Crippen LogP contribution in [0.1, 0.15) is 15.9 Å². The molecule has 0 aliphatic heterocycles. The monoisotopic (exact) mass is 316 g/mol. The van der Waals surface area contributed by atoms with Crippen LogP contribution in [0.15, 0.2) is 60.7 Å². The molecule has 0 aliphatic carbocycles. The van der Waals surface area contributed by atoms with Crippen LogP contribution in [0.2, 0.25) is 0 Å². The second kappa shape index (κ2) is 5.43. The van der Waals surface area contributed by atoms with E-state index in [1.54, 1.807) is 18.2 Å². The fourth-order valence-electron chi connectivity index (χ4n) is 2.45. The number of halogens is 3. The molecule has 3 rings (SSSR count). The molecule has 3 aromatic carbocycles. The summed E-state index contributed by atoms with van der Waals surface area (Å²) >= 11 is 0. The fraction of sp³-hybridized carbons (Fsp3) is 0.0556. The van der Waals surface area contributed by atoms with Gasteiger partial charge in [-0.1, -0.05) is 36.4 Å². The van der Waals surface area contributed by atoms with E-state index in [1.807, 2.05) is 24.3 Å². The molecule has 0 aromatic heterocycles. The van der Waals surface area contributed by atoms with E-state index < -0.39 is 17.7 Å². The molecule has 1 N–H and O–H groups in total. The van der Waals surface area contributed by atoms with E-state index in [2.05, 4.69) is 0 Å². The third kappa shape index (κ3) is 3.04. The number of hydrogen-bond donors (Lipinski definition) is 1. The number of aromatic carboxylic acids is 1. The molecule has 0 bridgehead atoms. The maximum atomic E-state index is 13.0. The zero-order valence-electron chi connectivity index (χ0n) is 11.8. The topological polar surface area (TPSA) is 37.3 Å². The molecule has 0 aliphatic rings. The second-order valence-electron chi connectivity index (χ2n) is 5.16. The van der Waals surface area contributed by atoms with E-state index in [4.69, 9.17) is 5.11 Å². The molecule has 0 fully saturated rings. The first-order chi connectivity index (χ1) is 10.8. The lowest BCUT2D eigenvalue weighted by Gasteiger charge is -2.11. The van der Waals surface area contributed by atoms with Crippen molar-refractivity contribution in [2.24, 2.45) is 0 Å². The van der Waals surface area contributed by atoms with Crippen molar-refractivity contribution in [1.82, 2.24) is 0 Å². The van der Waals surface area contributed by atoms with Crippen LogP contribution in [0.25, 0.3) is 21.9 Å². The van der Waals surface area contributed by atoms with Gasteiger partial charge in [0.05, 0.1) is 11.1 Å². The second-order valence-corrected chi connectivity index (χ2v) is 5.16. The standard InChI is InChI=1S/C18H11F3O2/c19-18(20,21)16-9-14(8-15(10-16)17(22)23)13-6-5-11-3-1-2-4-12(11)7-13/h1-10H,(H,22,23). The van der Waals surface area contributed by atoms with Crippen molar-refractivity contribution in [2.75, 3.05) is 0 Å². The Labute approximate surface area is 129 Å². The van der Waals surface area contributed by atoms with Gasteiger partial charge in [0.2, 0.25) is 0 Å². The molecule has 3 aromatic rings. The molecule has 0 heterocycles. The summed E-state index contributed by atoms with van der Waals surface area (Å²) in [6, 6.07) is 15.5. The summed E-state index contributed by atoms with van der Waals surface area (Å²) in [4.78, 5) is 11.1. The lowest BCUT2D eigenvalue weighted by Crippen LogP contribution is -2.08. The summed E-state index contributed by atoms with van der Waals surface area (Å²) in [5, 5.41) is 10.9. The van der Waals surface area contributed by atoms with Gasteiger partial charge in [-0.25, -0.2) is 4.79 Å². The lowest BCUT2D eigenvalue weighted by molar-refractivity contribution is -0.137. The highest BCUT2D eigenvalue weighted by molar-refractivity contribution is 5.91. The van der Waals surface area contributed by atoms with E-state index in [-0.39, 0.29) is 11.1 Å². The Balaban J connectivity index is 2.20. The third-order valence-electron chi connectivity index (χ3n) is 3.59. The molecule has 0 saturated heterocycles. The molecule has 0 radical (unpaired) electrons. The van der Waals surface area contributed by atoms with E-state index in [0.29, 0.717) is 11.6 Å². The molecule has 0 amide bonds. The maximum Gasteiger partial charge on any atom is 0.416 e. The van der Waals surface area contributed by atoms with E-state index in [1.165, 1.54) is 6.07 Å². The summed E-state index contributed by atoms with van der Waals surface area (Å²) in [6.07, 6.45) is -4.60. The molecule has 0 spiro atoms. The van der Waals surface area contributed by atoms with E-state index in [9.17, 15) is 18.0 Å². The molecule has 5 heteroatoms. The van der Waals surface area contributed by atoms with E-state index in [0.717, 1.165) is 16.8 Å². The highest BCUT2D eigenvalue weighted by Crippen LogP contribution is 2.34. The average molecular weight is 316 g/mol. The van der Waals surface area contributed by atoms with Crippen molar-refractivity contribution in [1.29, 1.82) is 0 Å². The van der Waals surface area contributed by atoms with Gasteiger partial charge in [0.25, 0.3) is 0 Å². The number of fused-ring (bicyclic) bond motifs is 1. The Morgan fingerprint density at radius 2 is 1.52 bits per heavy atom. The van der Waals surface area contributed by atoms with Crippen molar-refractivity contribution in [3.05, 3.63) is 71.8 Å². The first-order valence-corrected chi connectivity index (χ1v) is 6.79. The Morgan fingerprint density at radius 1 is 0.826 bits per heavy atom. The Morgan fingerprint density at radius 3 is 2.17 bits per heavy atom. The van der Waals surface area contributed by atoms with Gasteiger partial charge in [0, 0.05) is 0 Å². The SMILES string of the molecule is O=C(O)c1cc(-c2ccc3ccccc3c2)cc(C(F)(F)F)c1. The Hall–Kier alpha value is -2.82. The molecule has 116 valence electrons. The quantitative estimate of drug-likeness (QED) is 0.703. The number of alkyl halides is 3. The zero-order chi connectivity index (χ0) is 16.6. The molecule has 0 atom stereocenters. The van der Waals surface area contributed by atoms with Gasteiger partial charge in [0.1, 0.15) is 0 Å². The minimum absolute atomic E-state index is 0.225. The predicted molar refractivity (Wildman–Crippen MR) is 81.3 cm³/mol. The molecule has 2 nitrogen and oxygen atoms in total. The average Bonchev–Trinajstić information content (AvgIpc) is 2.53. The van der Waals surface area contributed by atoms with Gasteiger partial charge in [-0.05, 0) is 46.2 Å². The predicted octanol–water partition coefficient (Wildman–Crippen LogP) is 5.22. The molecule has 0 saturated carbocycles. The molecular weight excluding hydrogens is 305 g/mol. The molecule has 23 heavy (non-hydrogen) atoms. The van der Waals surface area contributed by atoms with Crippen molar-refractivity contribution in [2.45, 2.75) is 6.18 Å². The summed E-state index contributed by atoms with van der Waals surface area (Å²) in [7, 11) is 0. The first-order valence-electron chi connectivity index (χ1n) is 6.79. The van der Waals surface area contributed by atoms with Crippen molar-refractivity contribution >= 4 is 16.7 Å². The fourth-order valence-corrected chi connectivity index (χ4v) is 2.45. The van der Waals surface area contributed by atoms with Crippen LogP contribution in [0.3, 0.4) is 0 Å². The van der Waals surface area contributed by atoms with E-state index >= 15 is 0 Å². The third-order valence-corrected chi connectivity index (χ3v) is 3.59. The van der Waals surface area contributed by atoms with Crippen LogP contribution in [-0.2, 0) is 6.18 Å². The van der Waals surface area contributed by atoms with Crippen molar-refractivity contribution in [3.63, 3.8) is 0 Å². The largest absolute Gasteiger partial charge is 0.478 e. The molecule has 0 unspecified atom stereocenters. The number of carboxylic acids is 1. The summed E-state index contributed by atoms with van der Waals surface area (Å²) < 4.78 is 39.0. The summed E-state index contributed by atoms with van der Waals surface area (Å²) in [6.45, 7) is 0. The van der Waals surface area contributed by atoms with Crippen LogP contribution in [0.5, 0.6) is 0 Å². The number of hydrogen-bond acceptors (Lipinski definition) is 1. The number of carboxylic acid groups (broad SMARTS) is 1. The van der Waals surface area contributed by atoms with Gasteiger partial charge in [-0.15, -0.1) is 0 Å². The highest BCUT2D eigenvalue weighted by atomic mass is 19.4. The number of carbonyl (C=O) groups is 1. The maximum absolute atomic E-state index is 13.0. The first kappa shape index (κ1) is 15.1. The minimum atomic E-state index is -4.60. The van der Waals surface area contributed by atoms with Crippen LogP contribution < -0.4 is 0 Å². The van der Waals surface area contributed by atoms with Gasteiger partial charge in [-0.2, -0.15) is 13.2 Å². The normalized spacial score (nSPS) is 11.6. The Bertz CT molecular complexity index is 898.